The predicted molar refractivity (Wildman–Crippen MR) is 140 cm³/mol. The van der Waals surface area contributed by atoms with Gasteiger partial charge in [-0.25, -0.2) is 4.98 Å². The summed E-state index contributed by atoms with van der Waals surface area (Å²) in [5.41, 5.74) is -0.302. The second-order valence-electron chi connectivity index (χ2n) is 10.3. The van der Waals surface area contributed by atoms with E-state index in [4.69, 9.17) is 4.98 Å². The Hall–Kier alpha value is -2.89. The molecule has 1 fully saturated rings. The van der Waals surface area contributed by atoms with Gasteiger partial charge in [-0.3, -0.25) is 19.0 Å². The van der Waals surface area contributed by atoms with Crippen molar-refractivity contribution in [2.24, 2.45) is 5.92 Å². The van der Waals surface area contributed by atoms with E-state index in [-0.39, 0.29) is 52.5 Å². The Kier molecular flexibility index (Phi) is 7.92. The van der Waals surface area contributed by atoms with Crippen LogP contribution in [0.3, 0.4) is 0 Å². The van der Waals surface area contributed by atoms with E-state index >= 15 is 0 Å². The Labute approximate surface area is 227 Å². The van der Waals surface area contributed by atoms with E-state index in [0.29, 0.717) is 36.5 Å². The number of nitrogens with one attached hydrogen (secondary N) is 2. The molecule has 1 saturated carbocycles. The molecule has 0 radical (unpaired) electrons. The molecule has 2 aliphatic rings. The van der Waals surface area contributed by atoms with Gasteiger partial charge >= 0.3 is 6.18 Å². The smallest absolute Gasteiger partial charge is 0.359 e. The van der Waals surface area contributed by atoms with Gasteiger partial charge in [0.05, 0.1) is 17.8 Å². The maximum Gasteiger partial charge on any atom is 0.417 e. The number of carbonyl (C=O) groups excluding carboxylic acids is 2. The molecule has 38 heavy (non-hydrogen) atoms. The zero-order valence-electron chi connectivity index (χ0n) is 21.7. The summed E-state index contributed by atoms with van der Waals surface area (Å²) < 4.78 is 41.8. The van der Waals surface area contributed by atoms with Crippen LogP contribution in [0, 0.1) is 5.92 Å². The predicted octanol–water partition coefficient (Wildman–Crippen LogP) is 4.52. The van der Waals surface area contributed by atoms with Crippen LogP contribution in [0.4, 0.5) is 19.1 Å². The Balaban J connectivity index is 1.69. The molecule has 2 amide bonds. The minimum absolute atomic E-state index is 0.00113. The van der Waals surface area contributed by atoms with Crippen LogP contribution < -0.4 is 16.2 Å². The molecule has 206 valence electrons. The number of rotatable bonds is 5. The van der Waals surface area contributed by atoms with E-state index in [1.54, 1.807) is 18.5 Å². The minimum atomic E-state index is -4.61. The summed E-state index contributed by atoms with van der Waals surface area (Å²) in [5.74, 6) is -0.417. The molecule has 0 bridgehead atoms. The highest BCUT2D eigenvalue weighted by molar-refractivity contribution is 9.10. The van der Waals surface area contributed by atoms with Gasteiger partial charge in [0, 0.05) is 46.7 Å². The maximum atomic E-state index is 13.8. The van der Waals surface area contributed by atoms with Crippen LogP contribution in [0.5, 0.6) is 0 Å². The molecule has 2 heterocycles. The quantitative estimate of drug-likeness (QED) is 0.528. The van der Waals surface area contributed by atoms with Gasteiger partial charge in [0.1, 0.15) is 0 Å². The summed E-state index contributed by atoms with van der Waals surface area (Å²) in [4.78, 5) is 45.5. The number of alkyl halides is 3. The van der Waals surface area contributed by atoms with Gasteiger partial charge in [-0.15, -0.1) is 0 Å². The molecular weight excluding hydrogens is 567 g/mol. The lowest BCUT2D eigenvalue weighted by Crippen LogP contribution is -2.46. The SMILES string of the molecule is CNC(=O)[C@@H]1CC[C@@H](n2c(NC(C)C)nc3c(c2=O)C[C@@H](C)N(C(=O)c2ccc(Br)c(C(F)(F)F)c2)C3)C1. The first kappa shape index (κ1) is 28.1. The summed E-state index contributed by atoms with van der Waals surface area (Å²) in [5, 5.41) is 5.91. The second-order valence-corrected chi connectivity index (χ2v) is 11.1. The topological polar surface area (TPSA) is 96.3 Å². The normalized spacial score (nSPS) is 21.4. The standard InChI is InChI=1S/C26H31BrF3N5O3/c1-13(2)32-25-33-21-12-34(23(37)16-6-8-20(27)19(11-16)26(28,29)30)14(3)9-18(21)24(38)35(25)17-7-5-15(10-17)22(36)31-4/h6,8,11,13-15,17H,5,7,9-10,12H2,1-4H3,(H,31,36)(H,32,33)/t14-,15-,17-/m1/s1. The molecule has 2 aromatic rings. The Morgan fingerprint density at radius 3 is 2.55 bits per heavy atom. The first-order valence-electron chi connectivity index (χ1n) is 12.6. The van der Waals surface area contributed by atoms with Crippen LogP contribution in [-0.2, 0) is 23.9 Å². The van der Waals surface area contributed by atoms with Crippen molar-refractivity contribution < 1.29 is 22.8 Å². The molecule has 0 spiro atoms. The number of benzene rings is 1. The molecule has 12 heteroatoms. The van der Waals surface area contributed by atoms with E-state index in [2.05, 4.69) is 26.6 Å². The number of nitrogens with zero attached hydrogens (tertiary/aromatic N) is 3. The minimum Gasteiger partial charge on any atom is -0.359 e. The molecule has 1 aliphatic heterocycles. The lowest BCUT2D eigenvalue weighted by molar-refractivity contribution is -0.138. The molecule has 0 saturated heterocycles. The van der Waals surface area contributed by atoms with E-state index < -0.39 is 23.7 Å². The number of anilines is 1. The number of halogens is 4. The highest BCUT2D eigenvalue weighted by atomic mass is 79.9. The van der Waals surface area contributed by atoms with Gasteiger partial charge in [-0.05, 0) is 64.7 Å². The van der Waals surface area contributed by atoms with Crippen LogP contribution in [-0.4, -0.2) is 45.4 Å². The molecule has 1 aliphatic carbocycles. The van der Waals surface area contributed by atoms with Gasteiger partial charge in [-0.2, -0.15) is 13.2 Å². The monoisotopic (exact) mass is 597 g/mol. The zero-order chi connectivity index (χ0) is 27.9. The van der Waals surface area contributed by atoms with Crippen LogP contribution in [0.25, 0.3) is 0 Å². The summed E-state index contributed by atoms with van der Waals surface area (Å²) in [7, 11) is 1.60. The molecule has 1 aromatic carbocycles. The molecular formula is C26H31BrF3N5O3. The Bertz CT molecular complexity index is 1310. The highest BCUT2D eigenvalue weighted by Crippen LogP contribution is 2.37. The lowest BCUT2D eigenvalue weighted by Gasteiger charge is -2.35. The van der Waals surface area contributed by atoms with E-state index in [1.165, 1.54) is 17.0 Å². The lowest BCUT2D eigenvalue weighted by atomic mass is 9.98. The third-order valence-electron chi connectivity index (χ3n) is 7.23. The fourth-order valence-electron chi connectivity index (χ4n) is 5.32. The van der Waals surface area contributed by atoms with Crippen LogP contribution in [0.1, 0.15) is 73.3 Å². The summed E-state index contributed by atoms with van der Waals surface area (Å²) >= 11 is 2.91. The number of amides is 2. The maximum absolute atomic E-state index is 13.8. The fourth-order valence-corrected chi connectivity index (χ4v) is 5.79. The molecule has 8 nitrogen and oxygen atoms in total. The zero-order valence-corrected chi connectivity index (χ0v) is 23.2. The van der Waals surface area contributed by atoms with Crippen molar-refractivity contribution in [3.8, 4) is 0 Å². The summed E-state index contributed by atoms with van der Waals surface area (Å²) in [6.45, 7) is 5.61. The highest BCUT2D eigenvalue weighted by Gasteiger charge is 2.37. The number of hydrogen-bond acceptors (Lipinski definition) is 5. The Morgan fingerprint density at radius 2 is 1.92 bits per heavy atom. The van der Waals surface area contributed by atoms with Crippen LogP contribution >= 0.6 is 15.9 Å². The first-order valence-corrected chi connectivity index (χ1v) is 13.4. The molecule has 1 aromatic heterocycles. The fraction of sp³-hybridized carbons (Fsp3) is 0.538. The third-order valence-corrected chi connectivity index (χ3v) is 7.92. The number of fused-ring (bicyclic) bond motifs is 1. The number of aromatic nitrogens is 2. The molecule has 2 N–H and O–H groups in total. The van der Waals surface area contributed by atoms with Gasteiger partial charge in [0.2, 0.25) is 11.9 Å². The summed E-state index contributed by atoms with van der Waals surface area (Å²) in [6.07, 6.45) is -2.53. The first-order chi connectivity index (χ1) is 17.8. The van der Waals surface area contributed by atoms with E-state index in [9.17, 15) is 27.6 Å². The number of carbonyl (C=O) groups is 2. The Morgan fingerprint density at radius 1 is 1.21 bits per heavy atom. The molecule has 4 rings (SSSR count). The average molecular weight is 598 g/mol. The van der Waals surface area contributed by atoms with Crippen molar-refractivity contribution in [2.45, 2.75) is 77.3 Å². The molecule has 0 unspecified atom stereocenters. The van der Waals surface area contributed by atoms with Gasteiger partial charge in [-0.1, -0.05) is 15.9 Å². The van der Waals surface area contributed by atoms with Crippen LogP contribution in [0.2, 0.25) is 0 Å². The van der Waals surface area contributed by atoms with E-state index in [0.717, 1.165) is 6.07 Å². The van der Waals surface area contributed by atoms with Crippen molar-refractivity contribution >= 4 is 33.7 Å². The van der Waals surface area contributed by atoms with Gasteiger partial charge in [0.25, 0.3) is 11.5 Å². The average Bonchev–Trinajstić information content (AvgIpc) is 3.32. The summed E-state index contributed by atoms with van der Waals surface area (Å²) in [6, 6.07) is 2.75. The third kappa shape index (κ3) is 5.45. The van der Waals surface area contributed by atoms with Crippen molar-refractivity contribution in [1.82, 2.24) is 19.8 Å². The van der Waals surface area contributed by atoms with Crippen molar-refractivity contribution in [3.63, 3.8) is 0 Å². The number of hydrogen-bond donors (Lipinski definition) is 2. The largest absolute Gasteiger partial charge is 0.417 e. The van der Waals surface area contributed by atoms with Crippen molar-refractivity contribution in [1.29, 1.82) is 0 Å². The van der Waals surface area contributed by atoms with Gasteiger partial charge in [0.15, 0.2) is 0 Å². The second kappa shape index (κ2) is 10.7. The van der Waals surface area contributed by atoms with Crippen molar-refractivity contribution in [2.75, 3.05) is 12.4 Å². The molecule has 3 atom stereocenters. The van der Waals surface area contributed by atoms with Crippen molar-refractivity contribution in [3.05, 3.63) is 55.4 Å². The van der Waals surface area contributed by atoms with Crippen LogP contribution in [0.15, 0.2) is 27.5 Å². The van der Waals surface area contributed by atoms with Gasteiger partial charge < -0.3 is 15.5 Å². The van der Waals surface area contributed by atoms with E-state index in [1.807, 2.05) is 13.8 Å².